The summed E-state index contributed by atoms with van der Waals surface area (Å²) in [6, 6.07) is 0. The lowest BCUT2D eigenvalue weighted by Crippen LogP contribution is -2.27. The molecule has 0 aromatic heterocycles. The smallest absolute Gasteiger partial charge is 0.139 e. The summed E-state index contributed by atoms with van der Waals surface area (Å²) in [6.45, 7) is 6.56. The molecule has 0 aliphatic heterocycles. The number of ketones is 1. The second kappa shape index (κ2) is 5.53. The molecular weight excluding hydrogens is 172 g/mol. The van der Waals surface area contributed by atoms with Crippen molar-refractivity contribution in [3.05, 3.63) is 0 Å². The number of hydrogen-bond donors (Lipinski definition) is 0. The molecule has 2 unspecified atom stereocenters. The first-order valence-electron chi connectivity index (χ1n) is 6.22. The monoisotopic (exact) mass is 196 g/mol. The first kappa shape index (κ1) is 11.7. The molecule has 1 heteroatoms. The first-order valence-corrected chi connectivity index (χ1v) is 6.22. The van der Waals surface area contributed by atoms with Gasteiger partial charge < -0.3 is 0 Å². The van der Waals surface area contributed by atoms with Gasteiger partial charge in [0.25, 0.3) is 0 Å². The Morgan fingerprint density at radius 2 is 1.93 bits per heavy atom. The number of rotatable bonds is 4. The predicted octanol–water partition coefficient (Wildman–Crippen LogP) is 3.82. The Hall–Kier alpha value is -0.330. The number of hydrogen-bond acceptors (Lipinski definition) is 1. The van der Waals surface area contributed by atoms with Crippen LogP contribution < -0.4 is 0 Å². The van der Waals surface area contributed by atoms with Crippen LogP contribution in [0.3, 0.4) is 0 Å². The van der Waals surface area contributed by atoms with E-state index >= 15 is 0 Å². The standard InChI is InChI=1S/C13H24O/c1-4-11(5-2)13(14)12-8-6-7-10(3)9-12/h10-12H,4-9H2,1-3H3. The molecule has 1 aliphatic carbocycles. The molecule has 0 aromatic rings. The minimum atomic E-state index is 0.338. The van der Waals surface area contributed by atoms with Gasteiger partial charge in [-0.3, -0.25) is 4.79 Å². The van der Waals surface area contributed by atoms with Crippen LogP contribution in [0.5, 0.6) is 0 Å². The van der Waals surface area contributed by atoms with E-state index in [9.17, 15) is 4.79 Å². The molecule has 82 valence electrons. The quantitative estimate of drug-likeness (QED) is 0.668. The summed E-state index contributed by atoms with van der Waals surface area (Å²) in [4.78, 5) is 12.1. The zero-order valence-electron chi connectivity index (χ0n) is 9.88. The van der Waals surface area contributed by atoms with Gasteiger partial charge in [0.2, 0.25) is 0 Å². The molecule has 0 spiro atoms. The van der Waals surface area contributed by atoms with E-state index in [1.165, 1.54) is 12.8 Å². The minimum Gasteiger partial charge on any atom is -0.299 e. The van der Waals surface area contributed by atoms with Gasteiger partial charge in [-0.15, -0.1) is 0 Å². The van der Waals surface area contributed by atoms with Crippen molar-refractivity contribution in [2.24, 2.45) is 17.8 Å². The highest BCUT2D eigenvalue weighted by Crippen LogP contribution is 2.31. The highest BCUT2D eigenvalue weighted by molar-refractivity contribution is 5.83. The Morgan fingerprint density at radius 3 is 2.43 bits per heavy atom. The third-order valence-electron chi connectivity index (χ3n) is 3.73. The fraction of sp³-hybridized carbons (Fsp3) is 0.923. The first-order chi connectivity index (χ1) is 6.69. The van der Waals surface area contributed by atoms with Crippen LogP contribution in [0.1, 0.15) is 59.3 Å². The highest BCUT2D eigenvalue weighted by Gasteiger charge is 2.28. The van der Waals surface area contributed by atoms with Crippen molar-refractivity contribution < 1.29 is 4.79 Å². The van der Waals surface area contributed by atoms with Crippen LogP contribution in [0, 0.1) is 17.8 Å². The van der Waals surface area contributed by atoms with Crippen LogP contribution >= 0.6 is 0 Å². The summed E-state index contributed by atoms with van der Waals surface area (Å²) >= 11 is 0. The predicted molar refractivity (Wildman–Crippen MR) is 60.2 cm³/mol. The molecule has 0 saturated heterocycles. The van der Waals surface area contributed by atoms with Gasteiger partial charge in [-0.25, -0.2) is 0 Å². The Balaban J connectivity index is 2.50. The topological polar surface area (TPSA) is 17.1 Å². The largest absolute Gasteiger partial charge is 0.299 e. The van der Waals surface area contributed by atoms with Crippen molar-refractivity contribution >= 4 is 5.78 Å². The second-order valence-corrected chi connectivity index (χ2v) is 4.88. The molecule has 1 saturated carbocycles. The van der Waals surface area contributed by atoms with Gasteiger partial charge in [0.15, 0.2) is 0 Å². The van der Waals surface area contributed by atoms with Crippen LogP contribution in [0.4, 0.5) is 0 Å². The van der Waals surface area contributed by atoms with Gasteiger partial charge >= 0.3 is 0 Å². The van der Waals surface area contributed by atoms with Crippen molar-refractivity contribution in [1.82, 2.24) is 0 Å². The summed E-state index contributed by atoms with van der Waals surface area (Å²) in [6.07, 6.45) is 6.94. The summed E-state index contributed by atoms with van der Waals surface area (Å²) in [5.74, 6) is 2.06. The maximum absolute atomic E-state index is 12.1. The zero-order valence-corrected chi connectivity index (χ0v) is 9.88. The molecule has 0 heterocycles. The molecule has 0 bridgehead atoms. The van der Waals surface area contributed by atoms with Crippen molar-refractivity contribution in [1.29, 1.82) is 0 Å². The van der Waals surface area contributed by atoms with Gasteiger partial charge in [-0.1, -0.05) is 33.6 Å². The number of carbonyl (C=O) groups is 1. The highest BCUT2D eigenvalue weighted by atomic mass is 16.1. The maximum atomic E-state index is 12.1. The average Bonchev–Trinajstić information content (AvgIpc) is 2.19. The molecule has 0 radical (unpaired) electrons. The van der Waals surface area contributed by atoms with E-state index < -0.39 is 0 Å². The summed E-state index contributed by atoms with van der Waals surface area (Å²) in [7, 11) is 0. The minimum absolute atomic E-state index is 0.338. The van der Waals surface area contributed by atoms with E-state index in [-0.39, 0.29) is 0 Å². The number of carbonyl (C=O) groups excluding carboxylic acids is 1. The van der Waals surface area contributed by atoms with Gasteiger partial charge in [0, 0.05) is 11.8 Å². The van der Waals surface area contributed by atoms with Gasteiger partial charge in [0.1, 0.15) is 5.78 Å². The Bertz CT molecular complexity index is 182. The molecular formula is C13H24O. The lowest BCUT2D eigenvalue weighted by molar-refractivity contribution is -0.128. The van der Waals surface area contributed by atoms with Crippen molar-refractivity contribution in [2.45, 2.75) is 59.3 Å². The fourth-order valence-electron chi connectivity index (χ4n) is 2.72. The Morgan fingerprint density at radius 1 is 1.29 bits per heavy atom. The van der Waals surface area contributed by atoms with E-state index in [1.807, 2.05) is 0 Å². The summed E-state index contributed by atoms with van der Waals surface area (Å²) in [5, 5.41) is 0. The molecule has 1 fully saturated rings. The Kier molecular flexibility index (Phi) is 4.64. The van der Waals surface area contributed by atoms with Crippen LogP contribution in [0.2, 0.25) is 0 Å². The van der Waals surface area contributed by atoms with Crippen LogP contribution in [0.15, 0.2) is 0 Å². The molecule has 0 amide bonds. The zero-order chi connectivity index (χ0) is 10.6. The molecule has 1 aliphatic rings. The SMILES string of the molecule is CCC(CC)C(=O)C1CCCC(C)C1. The van der Waals surface area contributed by atoms with E-state index in [1.54, 1.807) is 0 Å². The van der Waals surface area contributed by atoms with E-state index in [4.69, 9.17) is 0 Å². The van der Waals surface area contributed by atoms with Gasteiger partial charge in [-0.05, 0) is 31.6 Å². The van der Waals surface area contributed by atoms with Crippen molar-refractivity contribution in [3.63, 3.8) is 0 Å². The van der Waals surface area contributed by atoms with Gasteiger partial charge in [0.05, 0.1) is 0 Å². The molecule has 1 rings (SSSR count). The molecule has 2 atom stereocenters. The van der Waals surface area contributed by atoms with E-state index in [0.29, 0.717) is 17.6 Å². The molecule has 0 aromatic carbocycles. The Labute approximate surface area is 88.3 Å². The number of Topliss-reactive ketones (excluding diaryl/α,β-unsaturated/α-hetero) is 1. The lowest BCUT2D eigenvalue weighted by atomic mass is 9.76. The molecule has 0 N–H and O–H groups in total. The summed E-state index contributed by atoms with van der Waals surface area (Å²) < 4.78 is 0. The van der Waals surface area contributed by atoms with Gasteiger partial charge in [-0.2, -0.15) is 0 Å². The average molecular weight is 196 g/mol. The van der Waals surface area contributed by atoms with Crippen LogP contribution in [-0.2, 0) is 4.79 Å². The summed E-state index contributed by atoms with van der Waals surface area (Å²) in [5.41, 5.74) is 0. The van der Waals surface area contributed by atoms with E-state index in [2.05, 4.69) is 20.8 Å². The van der Waals surface area contributed by atoms with Crippen LogP contribution in [-0.4, -0.2) is 5.78 Å². The van der Waals surface area contributed by atoms with Crippen molar-refractivity contribution in [3.8, 4) is 0 Å². The fourth-order valence-corrected chi connectivity index (χ4v) is 2.72. The molecule has 1 nitrogen and oxygen atoms in total. The van der Waals surface area contributed by atoms with E-state index in [0.717, 1.165) is 31.6 Å². The normalized spacial score (nSPS) is 28.0. The van der Waals surface area contributed by atoms with Crippen molar-refractivity contribution in [2.75, 3.05) is 0 Å². The lowest BCUT2D eigenvalue weighted by Gasteiger charge is -2.28. The molecule has 14 heavy (non-hydrogen) atoms. The third kappa shape index (κ3) is 2.83. The van der Waals surface area contributed by atoms with Crippen LogP contribution in [0.25, 0.3) is 0 Å². The second-order valence-electron chi connectivity index (χ2n) is 4.88. The maximum Gasteiger partial charge on any atom is 0.139 e. The third-order valence-corrected chi connectivity index (χ3v) is 3.73.